The first-order chi connectivity index (χ1) is 13.7. The molecule has 0 saturated heterocycles. The second kappa shape index (κ2) is 8.42. The maximum absolute atomic E-state index is 14.4. The molecule has 0 spiro atoms. The zero-order valence-corrected chi connectivity index (χ0v) is 18.6. The van der Waals surface area contributed by atoms with E-state index in [-0.39, 0.29) is 5.75 Å². The summed E-state index contributed by atoms with van der Waals surface area (Å²) in [6.45, 7) is 7.94. The third kappa shape index (κ3) is 4.54. The van der Waals surface area contributed by atoms with Crippen molar-refractivity contribution in [1.82, 2.24) is 9.55 Å². The second-order valence-electron chi connectivity index (χ2n) is 8.13. The first-order valence-electron chi connectivity index (χ1n) is 9.49. The smallest absolute Gasteiger partial charge is 0.166 e. The Bertz CT molecular complexity index is 1010. The van der Waals surface area contributed by atoms with Crippen LogP contribution in [-0.2, 0) is 11.5 Å². The largest absolute Gasteiger partial charge is 0.496 e. The Kier molecular flexibility index (Phi) is 6.14. The summed E-state index contributed by atoms with van der Waals surface area (Å²) in [7, 11) is 1.81. The van der Waals surface area contributed by atoms with E-state index < -0.39 is 13.9 Å². The first-order valence-corrected chi connectivity index (χ1v) is 13.2. The van der Waals surface area contributed by atoms with Gasteiger partial charge in [0.25, 0.3) is 0 Å². The summed E-state index contributed by atoms with van der Waals surface area (Å²) in [5.41, 5.74) is 7.87. The number of hydrogen-bond acceptors (Lipinski definition) is 5. The summed E-state index contributed by atoms with van der Waals surface area (Å²) in [4.78, 5) is 4.48. The van der Waals surface area contributed by atoms with Gasteiger partial charge in [-0.05, 0) is 30.3 Å². The topological polar surface area (TPSA) is 71.5 Å². The Morgan fingerprint density at radius 2 is 1.86 bits per heavy atom. The molecule has 0 fully saturated rings. The standard InChI is InChI=1S/C21H28FN3O3Si/c1-26-17-8-7-16(22)20(27-2)19(17)15-12-25(13-28-10-11-29(3,4)5)21-14(15)6-9-18(23)24-21/h6-9,12H,10-11,13H2,1-5H3,(H2,23,24). The summed E-state index contributed by atoms with van der Waals surface area (Å²) in [5.74, 6) is 0.585. The minimum atomic E-state index is -1.18. The number of aromatic nitrogens is 2. The molecule has 8 heteroatoms. The highest BCUT2D eigenvalue weighted by Gasteiger charge is 2.22. The molecule has 29 heavy (non-hydrogen) atoms. The predicted molar refractivity (Wildman–Crippen MR) is 117 cm³/mol. The normalized spacial score (nSPS) is 11.8. The van der Waals surface area contributed by atoms with Crippen LogP contribution in [-0.4, -0.2) is 38.5 Å². The maximum Gasteiger partial charge on any atom is 0.166 e. The number of anilines is 1. The van der Waals surface area contributed by atoms with Crippen LogP contribution in [0.5, 0.6) is 11.5 Å². The van der Waals surface area contributed by atoms with Gasteiger partial charge in [0.2, 0.25) is 0 Å². The molecule has 156 valence electrons. The van der Waals surface area contributed by atoms with Gasteiger partial charge in [0.05, 0.1) is 19.8 Å². The van der Waals surface area contributed by atoms with Gasteiger partial charge in [-0.3, -0.25) is 0 Å². The van der Waals surface area contributed by atoms with Crippen molar-refractivity contribution in [1.29, 1.82) is 0 Å². The second-order valence-corrected chi connectivity index (χ2v) is 13.7. The van der Waals surface area contributed by atoms with Crippen molar-refractivity contribution in [3.8, 4) is 22.6 Å². The minimum absolute atomic E-state index is 0.125. The number of fused-ring (bicyclic) bond motifs is 1. The van der Waals surface area contributed by atoms with Crippen molar-refractivity contribution in [3.05, 3.63) is 36.3 Å². The van der Waals surface area contributed by atoms with Gasteiger partial charge in [-0.1, -0.05) is 19.6 Å². The zero-order chi connectivity index (χ0) is 21.2. The van der Waals surface area contributed by atoms with Crippen molar-refractivity contribution >= 4 is 24.9 Å². The molecule has 2 aromatic heterocycles. The van der Waals surface area contributed by atoms with E-state index in [1.807, 2.05) is 16.8 Å². The molecule has 3 rings (SSSR count). The molecule has 0 amide bonds. The van der Waals surface area contributed by atoms with Crippen LogP contribution in [0.1, 0.15) is 0 Å². The predicted octanol–water partition coefficient (Wildman–Crippen LogP) is 4.75. The highest BCUT2D eigenvalue weighted by atomic mass is 28.3. The highest BCUT2D eigenvalue weighted by Crippen LogP contribution is 2.43. The maximum atomic E-state index is 14.4. The van der Waals surface area contributed by atoms with Gasteiger partial charge in [-0.2, -0.15) is 0 Å². The Balaban J connectivity index is 2.08. The number of nitrogens with zero attached hydrogens (tertiary/aromatic N) is 2. The van der Waals surface area contributed by atoms with E-state index in [4.69, 9.17) is 19.9 Å². The molecule has 0 aliphatic carbocycles. The number of ether oxygens (including phenoxy) is 3. The summed E-state index contributed by atoms with van der Waals surface area (Å²) in [6.07, 6.45) is 1.88. The van der Waals surface area contributed by atoms with Gasteiger partial charge in [0.1, 0.15) is 23.9 Å². The average Bonchev–Trinajstić information content (AvgIpc) is 3.01. The lowest BCUT2D eigenvalue weighted by Gasteiger charge is -2.15. The molecule has 6 nitrogen and oxygen atoms in total. The first kappa shape index (κ1) is 21.1. The molecule has 0 aliphatic heterocycles. The molecule has 0 unspecified atom stereocenters. The van der Waals surface area contributed by atoms with Crippen LogP contribution < -0.4 is 15.2 Å². The molecule has 3 aromatic rings. The molecular formula is C21H28FN3O3Si. The van der Waals surface area contributed by atoms with E-state index in [2.05, 4.69) is 24.6 Å². The van der Waals surface area contributed by atoms with E-state index in [0.717, 1.165) is 17.0 Å². The number of nitrogen functional groups attached to an aromatic ring is 1. The molecule has 0 bridgehead atoms. The van der Waals surface area contributed by atoms with E-state index in [9.17, 15) is 4.39 Å². The van der Waals surface area contributed by atoms with Gasteiger partial charge in [0, 0.05) is 31.8 Å². The van der Waals surface area contributed by atoms with Crippen LogP contribution in [0.15, 0.2) is 30.5 Å². The van der Waals surface area contributed by atoms with E-state index >= 15 is 0 Å². The van der Waals surface area contributed by atoms with Crippen molar-refractivity contribution in [2.45, 2.75) is 32.4 Å². The molecule has 0 radical (unpaired) electrons. The van der Waals surface area contributed by atoms with Crippen molar-refractivity contribution in [2.24, 2.45) is 0 Å². The Morgan fingerprint density at radius 3 is 2.52 bits per heavy atom. The van der Waals surface area contributed by atoms with Gasteiger partial charge in [-0.25, -0.2) is 9.37 Å². The van der Waals surface area contributed by atoms with Crippen LogP contribution in [0.2, 0.25) is 25.7 Å². The van der Waals surface area contributed by atoms with Crippen LogP contribution in [0, 0.1) is 5.82 Å². The lowest BCUT2D eigenvalue weighted by atomic mass is 10.0. The number of hydrogen-bond donors (Lipinski definition) is 1. The summed E-state index contributed by atoms with van der Waals surface area (Å²) in [6, 6.07) is 7.58. The highest BCUT2D eigenvalue weighted by molar-refractivity contribution is 6.76. The number of rotatable bonds is 8. The molecule has 2 N–H and O–H groups in total. The number of benzene rings is 1. The van der Waals surface area contributed by atoms with Crippen LogP contribution in [0.25, 0.3) is 22.2 Å². The monoisotopic (exact) mass is 417 g/mol. The quantitative estimate of drug-likeness (QED) is 0.423. The lowest BCUT2D eigenvalue weighted by Crippen LogP contribution is -2.22. The van der Waals surface area contributed by atoms with Crippen LogP contribution >= 0.6 is 0 Å². The molecule has 1 aromatic carbocycles. The van der Waals surface area contributed by atoms with E-state index in [1.54, 1.807) is 19.2 Å². The lowest BCUT2D eigenvalue weighted by molar-refractivity contribution is 0.0899. The molecule has 2 heterocycles. The summed E-state index contributed by atoms with van der Waals surface area (Å²) < 4.78 is 33.1. The number of pyridine rings is 1. The van der Waals surface area contributed by atoms with E-state index in [0.29, 0.717) is 36.1 Å². The summed E-state index contributed by atoms with van der Waals surface area (Å²) >= 11 is 0. The fourth-order valence-corrected chi connectivity index (χ4v) is 3.94. The molecule has 0 aliphatic rings. The fraction of sp³-hybridized carbons (Fsp3) is 0.381. The third-order valence-corrected chi connectivity index (χ3v) is 6.44. The molecule has 0 saturated carbocycles. The van der Waals surface area contributed by atoms with Crippen molar-refractivity contribution < 1.29 is 18.6 Å². The Hall–Kier alpha value is -2.58. The van der Waals surface area contributed by atoms with E-state index in [1.165, 1.54) is 13.2 Å². The van der Waals surface area contributed by atoms with Crippen LogP contribution in [0.4, 0.5) is 10.2 Å². The minimum Gasteiger partial charge on any atom is -0.496 e. The SMILES string of the molecule is COc1ccc(F)c(OC)c1-c1cn(COCC[Si](C)(C)C)c2nc(N)ccc12. The number of halogens is 1. The van der Waals surface area contributed by atoms with Crippen molar-refractivity contribution in [3.63, 3.8) is 0 Å². The van der Waals surface area contributed by atoms with Crippen molar-refractivity contribution in [2.75, 3.05) is 26.6 Å². The number of nitrogens with two attached hydrogens (primary N) is 1. The zero-order valence-electron chi connectivity index (χ0n) is 17.6. The molecule has 0 atom stereocenters. The Labute approximate surface area is 171 Å². The van der Waals surface area contributed by atoms with Gasteiger partial charge in [0.15, 0.2) is 11.6 Å². The van der Waals surface area contributed by atoms with Gasteiger partial charge < -0.3 is 24.5 Å². The molecular weight excluding hydrogens is 389 g/mol. The fourth-order valence-electron chi connectivity index (χ4n) is 3.18. The average molecular weight is 418 g/mol. The van der Waals surface area contributed by atoms with Gasteiger partial charge in [-0.15, -0.1) is 0 Å². The number of methoxy groups -OCH3 is 2. The Morgan fingerprint density at radius 1 is 1.10 bits per heavy atom. The third-order valence-electron chi connectivity index (χ3n) is 4.74. The summed E-state index contributed by atoms with van der Waals surface area (Å²) in [5, 5.41) is 0.815. The van der Waals surface area contributed by atoms with Crippen LogP contribution in [0.3, 0.4) is 0 Å². The van der Waals surface area contributed by atoms with Gasteiger partial charge >= 0.3 is 0 Å².